The fourth-order valence-corrected chi connectivity index (χ4v) is 7.57. The van der Waals surface area contributed by atoms with E-state index in [-0.39, 0.29) is 0 Å². The molecule has 17 heavy (non-hydrogen) atoms. The zero-order chi connectivity index (χ0) is 13.7. The minimum Gasteiger partial charge on any atom is -0.120 e. The van der Waals surface area contributed by atoms with Crippen molar-refractivity contribution in [2.75, 3.05) is 0 Å². The second-order valence-electron chi connectivity index (χ2n) is 6.45. The Balaban J connectivity index is 4.78. The van der Waals surface area contributed by atoms with Crippen LogP contribution in [0.5, 0.6) is 0 Å². The lowest BCUT2D eigenvalue weighted by Crippen LogP contribution is -2.35. The van der Waals surface area contributed by atoms with Crippen LogP contribution >= 0.6 is 11.2 Å². The Labute approximate surface area is 115 Å². The zero-order valence-corrected chi connectivity index (χ0v) is 15.8. The molecule has 0 rings (SSSR count). The number of hydrogen-bond acceptors (Lipinski definition) is 1. The molecule has 0 radical (unpaired) electrons. The maximum atomic E-state index is 3.64. The molecular weight excluding hydrogens is 256 g/mol. The fraction of sp³-hybridized carbons (Fsp3) is 0.857. The van der Waals surface area contributed by atoms with Gasteiger partial charge in [-0.2, -0.15) is 0 Å². The Morgan fingerprint density at radius 2 is 1.35 bits per heavy atom. The van der Waals surface area contributed by atoms with Crippen molar-refractivity contribution >= 4 is 26.5 Å². The standard InChI is InChI=1S/C14H30SSi2/c1-9-17(10-2,11-3)15-12-13-16(7,8)14(4,5)6/h9-11H2,1-8H3. The van der Waals surface area contributed by atoms with E-state index in [0.717, 1.165) is 0 Å². The normalized spacial score (nSPS) is 13.2. The van der Waals surface area contributed by atoms with Crippen molar-refractivity contribution in [1.29, 1.82) is 0 Å². The molecule has 0 fully saturated rings. The minimum absolute atomic E-state index is 0.384. The van der Waals surface area contributed by atoms with Crippen LogP contribution in [0.15, 0.2) is 0 Å². The Morgan fingerprint density at radius 1 is 0.941 bits per heavy atom. The molecule has 3 heteroatoms. The van der Waals surface area contributed by atoms with Gasteiger partial charge in [-0.1, -0.05) is 72.8 Å². The third kappa shape index (κ3) is 4.85. The molecule has 0 saturated carbocycles. The first-order chi connectivity index (χ1) is 7.64. The Hall–Kier alpha value is 0.344. The van der Waals surface area contributed by atoms with Crippen LogP contribution in [0.4, 0.5) is 0 Å². The summed E-state index contributed by atoms with van der Waals surface area (Å²) in [5.41, 5.74) is 3.64. The lowest BCUT2D eigenvalue weighted by Gasteiger charge is -2.31. The topological polar surface area (TPSA) is 0 Å². The molecule has 0 unspecified atom stereocenters. The lowest BCUT2D eigenvalue weighted by molar-refractivity contribution is 0.731. The molecule has 0 atom stereocenters. The monoisotopic (exact) mass is 286 g/mol. The van der Waals surface area contributed by atoms with Crippen molar-refractivity contribution in [3.63, 3.8) is 0 Å². The smallest absolute Gasteiger partial charge is 0.120 e. The third-order valence-corrected chi connectivity index (χ3v) is 17.8. The third-order valence-electron chi connectivity index (χ3n) is 4.44. The summed E-state index contributed by atoms with van der Waals surface area (Å²) in [6.45, 7) is 18.8. The highest BCUT2D eigenvalue weighted by Crippen LogP contribution is 2.36. The molecule has 0 nitrogen and oxygen atoms in total. The summed E-state index contributed by atoms with van der Waals surface area (Å²) in [4.78, 5) is 0. The Kier molecular flexibility index (Phi) is 6.62. The first-order valence-corrected chi connectivity index (χ1v) is 14.0. The SMILES string of the molecule is CC[Si](CC)(CC)SC#C[Si](C)(C)C(C)(C)C. The average Bonchev–Trinajstić information content (AvgIpc) is 2.23. The molecule has 0 spiro atoms. The molecule has 0 amide bonds. The van der Waals surface area contributed by atoms with Gasteiger partial charge in [0.2, 0.25) is 0 Å². The first-order valence-electron chi connectivity index (χ1n) is 6.84. The quantitative estimate of drug-likeness (QED) is 0.469. The molecule has 0 heterocycles. The molecule has 0 aromatic carbocycles. The van der Waals surface area contributed by atoms with Gasteiger partial charge in [0.05, 0.1) is 0 Å². The summed E-state index contributed by atoms with van der Waals surface area (Å²) in [7, 11) is -2.51. The number of rotatable bonds is 4. The van der Waals surface area contributed by atoms with Gasteiger partial charge in [0, 0.05) is 0 Å². The van der Waals surface area contributed by atoms with E-state index in [0.29, 0.717) is 5.04 Å². The highest BCUT2D eigenvalue weighted by molar-refractivity contribution is 8.32. The van der Waals surface area contributed by atoms with Crippen LogP contribution in [0.1, 0.15) is 41.5 Å². The molecular formula is C14H30SSi2. The van der Waals surface area contributed by atoms with Gasteiger partial charge in [-0.25, -0.2) is 0 Å². The van der Waals surface area contributed by atoms with Crippen molar-refractivity contribution in [3.05, 3.63) is 0 Å². The van der Waals surface area contributed by atoms with Crippen molar-refractivity contribution in [2.45, 2.75) is 77.8 Å². The van der Waals surface area contributed by atoms with Crippen molar-refractivity contribution in [2.24, 2.45) is 0 Å². The predicted molar refractivity (Wildman–Crippen MR) is 89.8 cm³/mol. The van der Waals surface area contributed by atoms with Crippen LogP contribution < -0.4 is 0 Å². The van der Waals surface area contributed by atoms with E-state index in [1.54, 1.807) is 0 Å². The first kappa shape index (κ1) is 17.3. The Bertz CT molecular complexity index is 279. The van der Waals surface area contributed by atoms with Gasteiger partial charge in [0.25, 0.3) is 0 Å². The van der Waals surface area contributed by atoms with Crippen LogP contribution in [-0.4, -0.2) is 15.3 Å². The predicted octanol–water partition coefficient (Wildman–Crippen LogP) is 5.73. The molecule has 0 aromatic rings. The van der Waals surface area contributed by atoms with E-state index in [1.807, 2.05) is 11.2 Å². The molecule has 0 N–H and O–H groups in total. The lowest BCUT2D eigenvalue weighted by atomic mass is 10.2. The van der Waals surface area contributed by atoms with Gasteiger partial charge in [-0.15, -0.1) is 16.8 Å². The summed E-state index contributed by atoms with van der Waals surface area (Å²) in [5, 5.41) is 3.90. The summed E-state index contributed by atoms with van der Waals surface area (Å²) < 4.78 is 0. The maximum Gasteiger partial charge on any atom is 0.138 e. The van der Waals surface area contributed by atoms with E-state index >= 15 is 0 Å². The van der Waals surface area contributed by atoms with Gasteiger partial charge >= 0.3 is 0 Å². The van der Waals surface area contributed by atoms with Gasteiger partial charge in [-0.3, -0.25) is 0 Å². The molecule has 100 valence electrons. The number of hydrogen-bond donors (Lipinski definition) is 0. The second-order valence-corrected chi connectivity index (χ2v) is 19.6. The summed E-state index contributed by atoms with van der Waals surface area (Å²) in [5.74, 6) is 0. The largest absolute Gasteiger partial charge is 0.138 e. The van der Waals surface area contributed by atoms with Gasteiger partial charge in [0.1, 0.15) is 15.3 Å². The van der Waals surface area contributed by atoms with Crippen LogP contribution in [0.3, 0.4) is 0 Å². The zero-order valence-electron chi connectivity index (χ0n) is 13.0. The van der Waals surface area contributed by atoms with Crippen molar-refractivity contribution < 1.29 is 0 Å². The molecule has 0 aromatic heterocycles. The van der Waals surface area contributed by atoms with Crippen LogP contribution in [0.25, 0.3) is 0 Å². The maximum absolute atomic E-state index is 3.64. The van der Waals surface area contributed by atoms with E-state index < -0.39 is 15.3 Å². The molecule has 0 saturated heterocycles. The van der Waals surface area contributed by atoms with Gasteiger partial charge in [0.15, 0.2) is 0 Å². The average molecular weight is 287 g/mol. The molecule has 0 aliphatic carbocycles. The van der Waals surface area contributed by atoms with Crippen molar-refractivity contribution in [1.82, 2.24) is 0 Å². The second kappa shape index (κ2) is 6.49. The van der Waals surface area contributed by atoms with E-state index in [2.05, 4.69) is 65.4 Å². The fourth-order valence-electron chi connectivity index (χ4n) is 1.42. The van der Waals surface area contributed by atoms with Gasteiger partial charge < -0.3 is 0 Å². The highest BCUT2D eigenvalue weighted by atomic mass is 32.4. The molecule has 0 aliphatic rings. The van der Waals surface area contributed by atoms with Crippen LogP contribution in [-0.2, 0) is 0 Å². The van der Waals surface area contributed by atoms with Crippen molar-refractivity contribution in [3.8, 4) is 10.8 Å². The van der Waals surface area contributed by atoms with E-state index in [4.69, 9.17) is 0 Å². The highest BCUT2D eigenvalue weighted by Gasteiger charge is 2.34. The summed E-state index contributed by atoms with van der Waals surface area (Å²) in [6, 6.07) is 4.07. The molecule has 0 bridgehead atoms. The minimum atomic E-state index is -1.40. The summed E-state index contributed by atoms with van der Waals surface area (Å²) >= 11 is 2.02. The van der Waals surface area contributed by atoms with Crippen LogP contribution in [0.2, 0.25) is 36.3 Å². The molecule has 0 aliphatic heterocycles. The Morgan fingerprint density at radius 3 is 1.65 bits per heavy atom. The van der Waals surface area contributed by atoms with Gasteiger partial charge in [-0.05, 0) is 10.3 Å². The van der Waals surface area contributed by atoms with Crippen LogP contribution in [0, 0.1) is 10.8 Å². The summed E-state index contributed by atoms with van der Waals surface area (Å²) in [6.07, 6.45) is 0. The van der Waals surface area contributed by atoms with E-state index in [9.17, 15) is 0 Å². The van der Waals surface area contributed by atoms with E-state index in [1.165, 1.54) is 18.1 Å².